The number of benzene rings is 1. The van der Waals surface area contributed by atoms with Gasteiger partial charge in [0.2, 0.25) is 0 Å². The van der Waals surface area contributed by atoms with E-state index in [2.05, 4.69) is 32.3 Å². The van der Waals surface area contributed by atoms with E-state index < -0.39 is 10.0 Å². The van der Waals surface area contributed by atoms with Gasteiger partial charge in [-0.25, -0.2) is 18.1 Å². The standard InChI is InChI=1S/C14H15IN2O2S/c1-10-3-6-14(16-8-10)20(18,19)17-9-12-4-5-13(15)11(2)7-12/h3-8,17H,9H2,1-2H3. The molecule has 1 aromatic heterocycles. The summed E-state index contributed by atoms with van der Waals surface area (Å²) in [7, 11) is -3.56. The molecule has 106 valence electrons. The van der Waals surface area contributed by atoms with Crippen molar-refractivity contribution >= 4 is 32.6 Å². The third-order valence-electron chi connectivity index (χ3n) is 2.85. The molecule has 0 spiro atoms. The second-order valence-electron chi connectivity index (χ2n) is 4.58. The summed E-state index contributed by atoms with van der Waals surface area (Å²) >= 11 is 2.25. The summed E-state index contributed by atoms with van der Waals surface area (Å²) in [5, 5.41) is 0.0466. The molecule has 0 aliphatic rings. The van der Waals surface area contributed by atoms with Gasteiger partial charge in [-0.15, -0.1) is 0 Å². The second kappa shape index (κ2) is 6.19. The predicted octanol–water partition coefficient (Wildman–Crippen LogP) is 2.78. The van der Waals surface area contributed by atoms with E-state index in [1.807, 2.05) is 32.0 Å². The van der Waals surface area contributed by atoms with Gasteiger partial charge in [-0.05, 0) is 65.3 Å². The van der Waals surface area contributed by atoms with Crippen molar-refractivity contribution in [2.24, 2.45) is 0 Å². The Bertz CT molecular complexity index is 712. The van der Waals surface area contributed by atoms with Crippen molar-refractivity contribution in [3.8, 4) is 0 Å². The van der Waals surface area contributed by atoms with Gasteiger partial charge in [0.1, 0.15) is 0 Å². The van der Waals surface area contributed by atoms with Gasteiger partial charge in [-0.3, -0.25) is 0 Å². The lowest BCUT2D eigenvalue weighted by Crippen LogP contribution is -2.24. The predicted molar refractivity (Wildman–Crippen MR) is 86.9 cm³/mol. The molecule has 1 N–H and O–H groups in total. The van der Waals surface area contributed by atoms with Crippen LogP contribution < -0.4 is 4.72 Å². The van der Waals surface area contributed by atoms with Gasteiger partial charge in [0.05, 0.1) is 0 Å². The van der Waals surface area contributed by atoms with E-state index in [4.69, 9.17) is 0 Å². The van der Waals surface area contributed by atoms with Crippen molar-refractivity contribution in [1.82, 2.24) is 9.71 Å². The summed E-state index contributed by atoms with van der Waals surface area (Å²) in [4.78, 5) is 3.94. The Morgan fingerprint density at radius 1 is 1.20 bits per heavy atom. The molecule has 0 bridgehead atoms. The van der Waals surface area contributed by atoms with Crippen molar-refractivity contribution < 1.29 is 8.42 Å². The van der Waals surface area contributed by atoms with E-state index >= 15 is 0 Å². The fraction of sp³-hybridized carbons (Fsp3) is 0.214. The molecule has 0 saturated carbocycles. The van der Waals surface area contributed by atoms with E-state index in [1.54, 1.807) is 12.3 Å². The van der Waals surface area contributed by atoms with Crippen molar-refractivity contribution in [3.05, 3.63) is 56.8 Å². The van der Waals surface area contributed by atoms with Gasteiger partial charge in [0, 0.05) is 16.3 Å². The van der Waals surface area contributed by atoms with Gasteiger partial charge in [0.15, 0.2) is 5.03 Å². The van der Waals surface area contributed by atoms with Crippen LogP contribution >= 0.6 is 22.6 Å². The van der Waals surface area contributed by atoms with Crippen molar-refractivity contribution in [2.75, 3.05) is 0 Å². The van der Waals surface area contributed by atoms with Crippen LogP contribution in [0.5, 0.6) is 0 Å². The molecule has 2 aromatic rings. The molecule has 0 atom stereocenters. The number of rotatable bonds is 4. The first-order valence-electron chi connectivity index (χ1n) is 6.06. The number of aromatic nitrogens is 1. The summed E-state index contributed by atoms with van der Waals surface area (Å²) in [5.74, 6) is 0. The Hall–Kier alpha value is -0.990. The minimum Gasteiger partial charge on any atom is -0.243 e. The van der Waals surface area contributed by atoms with E-state index in [9.17, 15) is 8.42 Å². The van der Waals surface area contributed by atoms with Crippen LogP contribution in [0.3, 0.4) is 0 Å². The number of nitrogens with one attached hydrogen (secondary N) is 1. The highest BCUT2D eigenvalue weighted by atomic mass is 127. The third-order valence-corrected chi connectivity index (χ3v) is 5.38. The van der Waals surface area contributed by atoms with Crippen LogP contribution in [0.15, 0.2) is 41.6 Å². The van der Waals surface area contributed by atoms with Crippen LogP contribution in [0.25, 0.3) is 0 Å². The normalized spacial score (nSPS) is 11.6. The monoisotopic (exact) mass is 402 g/mol. The van der Waals surface area contributed by atoms with Gasteiger partial charge in [0.25, 0.3) is 10.0 Å². The Morgan fingerprint density at radius 2 is 1.95 bits per heavy atom. The van der Waals surface area contributed by atoms with Crippen molar-refractivity contribution in [2.45, 2.75) is 25.4 Å². The fourth-order valence-corrected chi connectivity index (χ4v) is 2.96. The molecule has 4 nitrogen and oxygen atoms in total. The van der Waals surface area contributed by atoms with E-state index in [-0.39, 0.29) is 11.6 Å². The minimum atomic E-state index is -3.56. The maximum Gasteiger partial charge on any atom is 0.258 e. The number of nitrogens with zero attached hydrogens (tertiary/aromatic N) is 1. The van der Waals surface area contributed by atoms with Crippen LogP contribution in [0.4, 0.5) is 0 Å². The number of hydrogen-bond donors (Lipinski definition) is 1. The summed E-state index contributed by atoms with van der Waals surface area (Å²) in [6.45, 7) is 4.13. The first kappa shape index (κ1) is 15.4. The molecule has 20 heavy (non-hydrogen) atoms. The van der Waals surface area contributed by atoms with Gasteiger partial charge in [-0.1, -0.05) is 18.2 Å². The molecule has 1 aromatic carbocycles. The molecule has 1 heterocycles. The maximum atomic E-state index is 12.1. The van der Waals surface area contributed by atoms with E-state index in [1.165, 1.54) is 6.07 Å². The van der Waals surface area contributed by atoms with Crippen LogP contribution in [-0.4, -0.2) is 13.4 Å². The molecule has 0 fully saturated rings. The molecule has 0 aliphatic heterocycles. The lowest BCUT2D eigenvalue weighted by molar-refractivity contribution is 0.577. The SMILES string of the molecule is Cc1ccc(S(=O)(=O)NCc2ccc(I)c(C)c2)nc1. The molecule has 0 aliphatic carbocycles. The highest BCUT2D eigenvalue weighted by molar-refractivity contribution is 14.1. The molecule has 0 amide bonds. The average Bonchev–Trinajstić information content (AvgIpc) is 2.41. The molecular formula is C14H15IN2O2S. The summed E-state index contributed by atoms with van der Waals surface area (Å²) in [6, 6.07) is 9.11. The van der Waals surface area contributed by atoms with Crippen LogP contribution in [0, 0.1) is 17.4 Å². The number of pyridine rings is 1. The minimum absolute atomic E-state index is 0.0466. The van der Waals surface area contributed by atoms with E-state index in [0.29, 0.717) is 0 Å². The number of halogens is 1. The molecule has 0 saturated heterocycles. The molecule has 0 unspecified atom stereocenters. The average molecular weight is 402 g/mol. The zero-order valence-electron chi connectivity index (χ0n) is 11.2. The van der Waals surface area contributed by atoms with Crippen LogP contribution in [0.2, 0.25) is 0 Å². The Balaban J connectivity index is 2.13. The molecule has 6 heteroatoms. The largest absolute Gasteiger partial charge is 0.258 e. The fourth-order valence-electron chi connectivity index (χ4n) is 1.68. The van der Waals surface area contributed by atoms with Crippen molar-refractivity contribution in [1.29, 1.82) is 0 Å². The molecule has 0 radical (unpaired) electrons. The van der Waals surface area contributed by atoms with Crippen LogP contribution in [-0.2, 0) is 16.6 Å². The molecular weight excluding hydrogens is 387 g/mol. The van der Waals surface area contributed by atoms with Gasteiger partial charge < -0.3 is 0 Å². The maximum absolute atomic E-state index is 12.1. The summed E-state index contributed by atoms with van der Waals surface area (Å²) in [6.07, 6.45) is 1.55. The van der Waals surface area contributed by atoms with Crippen LogP contribution in [0.1, 0.15) is 16.7 Å². The quantitative estimate of drug-likeness (QED) is 0.801. The van der Waals surface area contributed by atoms with Gasteiger partial charge >= 0.3 is 0 Å². The van der Waals surface area contributed by atoms with E-state index in [0.717, 1.165) is 20.3 Å². The first-order valence-corrected chi connectivity index (χ1v) is 8.62. The second-order valence-corrected chi connectivity index (χ2v) is 7.46. The Kier molecular flexibility index (Phi) is 4.77. The first-order chi connectivity index (χ1) is 9.38. The zero-order chi connectivity index (χ0) is 14.8. The third kappa shape index (κ3) is 3.77. The van der Waals surface area contributed by atoms with Gasteiger partial charge in [-0.2, -0.15) is 0 Å². The number of aryl methyl sites for hydroxylation is 2. The Labute approximate surface area is 132 Å². The summed E-state index contributed by atoms with van der Waals surface area (Å²) in [5.41, 5.74) is 2.99. The highest BCUT2D eigenvalue weighted by Gasteiger charge is 2.14. The molecule has 2 rings (SSSR count). The Morgan fingerprint density at radius 3 is 2.55 bits per heavy atom. The lowest BCUT2D eigenvalue weighted by Gasteiger charge is -2.07. The number of hydrogen-bond acceptors (Lipinski definition) is 3. The smallest absolute Gasteiger partial charge is 0.243 e. The highest BCUT2D eigenvalue weighted by Crippen LogP contribution is 2.14. The zero-order valence-corrected chi connectivity index (χ0v) is 14.2. The number of sulfonamides is 1. The van der Waals surface area contributed by atoms with Crippen molar-refractivity contribution in [3.63, 3.8) is 0 Å². The lowest BCUT2D eigenvalue weighted by atomic mass is 10.1. The topological polar surface area (TPSA) is 59.1 Å². The summed E-state index contributed by atoms with van der Waals surface area (Å²) < 4.78 is 27.9.